The summed E-state index contributed by atoms with van der Waals surface area (Å²) < 4.78 is 36.0. The molecule has 84 valence electrons. The lowest BCUT2D eigenvalue weighted by molar-refractivity contribution is 0.198. The Bertz CT molecular complexity index is 392. The average Bonchev–Trinajstić information content (AvgIpc) is 2.88. The summed E-state index contributed by atoms with van der Waals surface area (Å²) >= 11 is 0. The van der Waals surface area contributed by atoms with Gasteiger partial charge in [-0.1, -0.05) is 0 Å². The van der Waals surface area contributed by atoms with Crippen molar-refractivity contribution in [2.24, 2.45) is 0 Å². The van der Waals surface area contributed by atoms with Gasteiger partial charge in [0.2, 0.25) is 10.0 Å². The largest absolute Gasteiger partial charge is 0.468 e. The molecule has 1 aliphatic heterocycles. The zero-order valence-electron chi connectivity index (χ0n) is 8.18. The van der Waals surface area contributed by atoms with Gasteiger partial charge in [0.05, 0.1) is 19.4 Å². The Hall–Kier alpha value is -0.850. The van der Waals surface area contributed by atoms with Crippen LogP contribution in [0.5, 0.6) is 0 Å². The molecule has 0 bridgehead atoms. The lowest BCUT2D eigenvalue weighted by Gasteiger charge is -2.09. The van der Waals surface area contributed by atoms with Crippen molar-refractivity contribution in [2.75, 3.05) is 13.2 Å². The molecule has 2 rings (SSSR count). The first-order valence-corrected chi connectivity index (χ1v) is 6.32. The molecule has 1 saturated heterocycles. The Labute approximate surface area is 88.5 Å². The van der Waals surface area contributed by atoms with Gasteiger partial charge in [0.15, 0.2) is 0 Å². The summed E-state index contributed by atoms with van der Waals surface area (Å²) in [7, 11) is -3.27. The van der Waals surface area contributed by atoms with Gasteiger partial charge in [0.25, 0.3) is 0 Å². The quantitative estimate of drug-likeness (QED) is 0.818. The fraction of sp³-hybridized carbons (Fsp3) is 0.556. The van der Waals surface area contributed by atoms with E-state index >= 15 is 0 Å². The van der Waals surface area contributed by atoms with Crippen LogP contribution in [0.15, 0.2) is 22.8 Å². The van der Waals surface area contributed by atoms with Gasteiger partial charge < -0.3 is 9.15 Å². The van der Waals surface area contributed by atoms with Crippen LogP contribution in [-0.2, 0) is 21.3 Å². The molecule has 1 aromatic heterocycles. The monoisotopic (exact) mass is 231 g/mol. The normalized spacial score (nSPS) is 22.0. The maximum atomic E-state index is 11.7. The molecule has 5 nitrogen and oxygen atoms in total. The van der Waals surface area contributed by atoms with Gasteiger partial charge in [0, 0.05) is 6.61 Å². The Balaban J connectivity index is 1.93. The Kier molecular flexibility index (Phi) is 3.08. The predicted molar refractivity (Wildman–Crippen MR) is 53.7 cm³/mol. The van der Waals surface area contributed by atoms with E-state index in [-0.39, 0.29) is 13.2 Å². The topological polar surface area (TPSA) is 68.5 Å². The minimum atomic E-state index is -3.27. The van der Waals surface area contributed by atoms with Gasteiger partial charge >= 0.3 is 0 Å². The summed E-state index contributed by atoms with van der Waals surface area (Å²) in [4.78, 5) is 0. The third-order valence-electron chi connectivity index (χ3n) is 2.35. The fourth-order valence-electron chi connectivity index (χ4n) is 1.46. The first-order chi connectivity index (χ1) is 7.18. The highest BCUT2D eigenvalue weighted by atomic mass is 32.2. The van der Waals surface area contributed by atoms with Gasteiger partial charge in [-0.05, 0) is 18.6 Å². The Morgan fingerprint density at radius 1 is 1.53 bits per heavy atom. The first-order valence-electron chi connectivity index (χ1n) is 4.77. The van der Waals surface area contributed by atoms with Crippen molar-refractivity contribution in [3.05, 3.63) is 24.2 Å². The highest BCUT2D eigenvalue weighted by Crippen LogP contribution is 2.13. The van der Waals surface area contributed by atoms with Gasteiger partial charge in [-0.3, -0.25) is 0 Å². The molecule has 0 saturated carbocycles. The minimum absolute atomic E-state index is 0.200. The number of ether oxygens (including phenoxy) is 1. The van der Waals surface area contributed by atoms with E-state index in [4.69, 9.17) is 9.15 Å². The average molecular weight is 231 g/mol. The third kappa shape index (κ3) is 2.58. The van der Waals surface area contributed by atoms with Crippen LogP contribution >= 0.6 is 0 Å². The van der Waals surface area contributed by atoms with Crippen LogP contribution in [0.3, 0.4) is 0 Å². The van der Waals surface area contributed by atoms with Crippen molar-refractivity contribution in [3.8, 4) is 0 Å². The van der Waals surface area contributed by atoms with Crippen LogP contribution in [0.2, 0.25) is 0 Å². The molecular formula is C9H13NO4S. The molecule has 0 radical (unpaired) electrons. The zero-order chi connectivity index (χ0) is 10.7. The smallest absolute Gasteiger partial charge is 0.217 e. The number of sulfonamides is 1. The lowest BCUT2D eigenvalue weighted by Crippen LogP contribution is -2.34. The van der Waals surface area contributed by atoms with Gasteiger partial charge in [-0.25, -0.2) is 13.1 Å². The second-order valence-electron chi connectivity index (χ2n) is 3.43. The number of hydrogen-bond donors (Lipinski definition) is 1. The molecule has 1 aromatic rings. The van der Waals surface area contributed by atoms with Crippen LogP contribution < -0.4 is 4.72 Å². The summed E-state index contributed by atoms with van der Waals surface area (Å²) in [5, 5.41) is -0.424. The number of furan rings is 1. The van der Waals surface area contributed by atoms with Crippen LogP contribution in [-0.4, -0.2) is 26.9 Å². The van der Waals surface area contributed by atoms with Crippen molar-refractivity contribution in [1.29, 1.82) is 0 Å². The molecule has 6 heteroatoms. The summed E-state index contributed by atoms with van der Waals surface area (Å²) in [6.07, 6.45) is 2.08. The zero-order valence-corrected chi connectivity index (χ0v) is 9.00. The molecule has 1 aliphatic rings. The highest BCUT2D eigenvalue weighted by molar-refractivity contribution is 7.90. The van der Waals surface area contributed by atoms with Gasteiger partial charge in [-0.15, -0.1) is 0 Å². The van der Waals surface area contributed by atoms with Crippen LogP contribution in [0, 0.1) is 0 Å². The molecule has 1 unspecified atom stereocenters. The summed E-state index contributed by atoms with van der Waals surface area (Å²) in [5.74, 6) is 0.609. The fourth-order valence-corrected chi connectivity index (χ4v) is 2.72. The van der Waals surface area contributed by atoms with Gasteiger partial charge in [-0.2, -0.15) is 0 Å². The van der Waals surface area contributed by atoms with E-state index < -0.39 is 15.3 Å². The van der Waals surface area contributed by atoms with Crippen molar-refractivity contribution >= 4 is 10.0 Å². The maximum absolute atomic E-state index is 11.7. The number of nitrogens with one attached hydrogen (secondary N) is 1. The van der Waals surface area contributed by atoms with Crippen LogP contribution in [0.1, 0.15) is 12.2 Å². The van der Waals surface area contributed by atoms with E-state index in [0.29, 0.717) is 18.8 Å². The summed E-state index contributed by atoms with van der Waals surface area (Å²) in [6, 6.07) is 3.45. The molecule has 1 N–H and O–H groups in total. The predicted octanol–water partition coefficient (Wildman–Crippen LogP) is 0.488. The summed E-state index contributed by atoms with van der Waals surface area (Å²) in [6.45, 7) is 1.01. The molecule has 0 aliphatic carbocycles. The highest BCUT2D eigenvalue weighted by Gasteiger charge is 2.29. The van der Waals surface area contributed by atoms with E-state index in [1.54, 1.807) is 12.1 Å². The van der Waals surface area contributed by atoms with E-state index in [2.05, 4.69) is 4.72 Å². The molecule has 0 spiro atoms. The molecule has 2 heterocycles. The first kappa shape index (κ1) is 10.7. The third-order valence-corrected chi connectivity index (χ3v) is 4.15. The van der Waals surface area contributed by atoms with E-state index in [1.165, 1.54) is 6.26 Å². The maximum Gasteiger partial charge on any atom is 0.217 e. The van der Waals surface area contributed by atoms with Crippen molar-refractivity contribution < 1.29 is 17.6 Å². The second kappa shape index (κ2) is 4.34. The molecule has 1 fully saturated rings. The summed E-state index contributed by atoms with van der Waals surface area (Å²) in [5.41, 5.74) is 0. The standard InChI is InChI=1S/C9H13NO4S/c11-15(12,9-3-5-13-7-9)10-6-8-2-1-4-14-8/h1-2,4,9-10H,3,5-7H2. The van der Waals surface area contributed by atoms with Crippen molar-refractivity contribution in [1.82, 2.24) is 4.72 Å². The lowest BCUT2D eigenvalue weighted by atomic mass is 10.4. The SMILES string of the molecule is O=S(=O)(NCc1ccco1)C1CCOC1. The van der Waals surface area contributed by atoms with E-state index in [1.807, 2.05) is 0 Å². The Morgan fingerprint density at radius 3 is 3.00 bits per heavy atom. The Morgan fingerprint density at radius 2 is 2.40 bits per heavy atom. The number of rotatable bonds is 4. The molecular weight excluding hydrogens is 218 g/mol. The minimum Gasteiger partial charge on any atom is -0.468 e. The van der Waals surface area contributed by atoms with E-state index in [9.17, 15) is 8.42 Å². The molecule has 15 heavy (non-hydrogen) atoms. The molecule has 0 aromatic carbocycles. The second-order valence-corrected chi connectivity index (χ2v) is 5.48. The molecule has 1 atom stereocenters. The van der Waals surface area contributed by atoms with Gasteiger partial charge in [0.1, 0.15) is 11.0 Å². The molecule has 0 amide bonds. The van der Waals surface area contributed by atoms with Crippen LogP contribution in [0.25, 0.3) is 0 Å². The number of hydrogen-bond acceptors (Lipinski definition) is 4. The van der Waals surface area contributed by atoms with E-state index in [0.717, 1.165) is 0 Å². The van der Waals surface area contributed by atoms with Crippen molar-refractivity contribution in [2.45, 2.75) is 18.2 Å². The van der Waals surface area contributed by atoms with Crippen molar-refractivity contribution in [3.63, 3.8) is 0 Å². The van der Waals surface area contributed by atoms with Crippen LogP contribution in [0.4, 0.5) is 0 Å².